The number of aromatic nitrogens is 2. The highest BCUT2D eigenvalue weighted by molar-refractivity contribution is 9.10. The molecule has 0 atom stereocenters. The second-order valence-corrected chi connectivity index (χ2v) is 4.76. The Morgan fingerprint density at radius 3 is 2.43 bits per heavy atom. The first-order valence-corrected chi connectivity index (χ1v) is 5.61. The number of hydrogen-bond acceptors (Lipinski definition) is 2. The summed E-state index contributed by atoms with van der Waals surface area (Å²) in [6, 6.07) is 0. The monoisotopic (exact) mass is 258 g/mol. The third-order valence-corrected chi connectivity index (χ3v) is 2.98. The van der Waals surface area contributed by atoms with E-state index in [4.69, 9.17) is 0 Å². The minimum absolute atomic E-state index is 0.161. The van der Waals surface area contributed by atoms with Gasteiger partial charge in [0.15, 0.2) is 0 Å². The van der Waals surface area contributed by atoms with Crippen molar-refractivity contribution < 1.29 is 4.39 Å². The van der Waals surface area contributed by atoms with Crippen LogP contribution < -0.4 is 0 Å². The zero-order valence-corrected chi connectivity index (χ0v) is 9.81. The molecule has 0 saturated heterocycles. The highest BCUT2D eigenvalue weighted by Gasteiger charge is 2.30. The van der Waals surface area contributed by atoms with E-state index in [1.807, 2.05) is 13.8 Å². The lowest BCUT2D eigenvalue weighted by Crippen LogP contribution is -2.04. The molecule has 1 aliphatic carbocycles. The summed E-state index contributed by atoms with van der Waals surface area (Å²) in [7, 11) is 0. The van der Waals surface area contributed by atoms with Crippen molar-refractivity contribution in [2.45, 2.75) is 38.5 Å². The van der Waals surface area contributed by atoms with Gasteiger partial charge in [-0.05, 0) is 34.7 Å². The molecule has 0 N–H and O–H groups in total. The lowest BCUT2D eigenvalue weighted by Gasteiger charge is -2.08. The van der Waals surface area contributed by atoms with Gasteiger partial charge < -0.3 is 0 Å². The van der Waals surface area contributed by atoms with Gasteiger partial charge in [0.05, 0.1) is 0 Å². The summed E-state index contributed by atoms with van der Waals surface area (Å²) in [5, 5.41) is 0. The summed E-state index contributed by atoms with van der Waals surface area (Å²) in [6.07, 6.45) is 2.11. The summed E-state index contributed by atoms with van der Waals surface area (Å²) < 4.78 is 14.2. The first-order chi connectivity index (χ1) is 6.59. The summed E-state index contributed by atoms with van der Waals surface area (Å²) in [5.74, 6) is 0.719. The third-order valence-electron chi connectivity index (χ3n) is 2.37. The Morgan fingerprint density at radius 1 is 1.36 bits per heavy atom. The van der Waals surface area contributed by atoms with Crippen molar-refractivity contribution in [1.29, 1.82) is 0 Å². The van der Waals surface area contributed by atoms with Gasteiger partial charge in [0.1, 0.15) is 10.4 Å². The molecule has 0 spiro atoms. The Morgan fingerprint density at radius 2 is 2.00 bits per heavy atom. The van der Waals surface area contributed by atoms with Crippen LogP contribution in [-0.2, 0) is 0 Å². The van der Waals surface area contributed by atoms with Crippen LogP contribution in [0.2, 0.25) is 0 Å². The molecule has 0 amide bonds. The molecule has 0 aliphatic heterocycles. The molecule has 0 bridgehead atoms. The smallest absolute Gasteiger partial charge is 0.220 e. The van der Waals surface area contributed by atoms with E-state index in [1.54, 1.807) is 0 Å². The van der Waals surface area contributed by atoms with Crippen LogP contribution >= 0.6 is 15.9 Å². The van der Waals surface area contributed by atoms with Gasteiger partial charge in [0.2, 0.25) is 5.95 Å². The predicted octanol–water partition coefficient (Wildman–Crippen LogP) is 3.38. The van der Waals surface area contributed by atoms with E-state index in [9.17, 15) is 4.39 Å². The van der Waals surface area contributed by atoms with Crippen LogP contribution in [0.5, 0.6) is 0 Å². The van der Waals surface area contributed by atoms with E-state index in [2.05, 4.69) is 25.9 Å². The van der Waals surface area contributed by atoms with Gasteiger partial charge in [-0.2, -0.15) is 4.39 Å². The standard InChI is InChI=1S/C10H12BrFN2/c1-5(2)10-13-8(11)7(6-3-4-6)9(12)14-10/h5-6H,3-4H2,1-2H3. The maximum atomic E-state index is 13.6. The largest absolute Gasteiger partial charge is 0.225 e. The Hall–Kier alpha value is -0.510. The van der Waals surface area contributed by atoms with E-state index in [1.165, 1.54) is 0 Å². The van der Waals surface area contributed by atoms with Crippen LogP contribution in [-0.4, -0.2) is 9.97 Å². The molecule has 0 unspecified atom stereocenters. The van der Waals surface area contributed by atoms with Gasteiger partial charge in [-0.25, -0.2) is 9.97 Å². The molecule has 0 radical (unpaired) electrons. The summed E-state index contributed by atoms with van der Waals surface area (Å²) in [4.78, 5) is 8.15. The molecule has 2 nitrogen and oxygen atoms in total. The third kappa shape index (κ3) is 1.80. The molecule has 1 saturated carbocycles. The first-order valence-electron chi connectivity index (χ1n) is 4.82. The Labute approximate surface area is 91.1 Å². The van der Waals surface area contributed by atoms with Crippen molar-refractivity contribution in [3.63, 3.8) is 0 Å². The Bertz CT molecular complexity index is 338. The molecule has 14 heavy (non-hydrogen) atoms. The zero-order valence-electron chi connectivity index (χ0n) is 8.22. The van der Waals surface area contributed by atoms with Crippen LogP contribution in [0.4, 0.5) is 4.39 Å². The van der Waals surface area contributed by atoms with Crippen molar-refractivity contribution in [2.75, 3.05) is 0 Å². The van der Waals surface area contributed by atoms with Crippen molar-refractivity contribution in [3.8, 4) is 0 Å². The SMILES string of the molecule is CC(C)c1nc(F)c(C2CC2)c(Br)n1. The zero-order chi connectivity index (χ0) is 10.3. The highest BCUT2D eigenvalue weighted by atomic mass is 79.9. The van der Waals surface area contributed by atoms with Gasteiger partial charge >= 0.3 is 0 Å². The molecule has 1 aromatic rings. The number of halogens is 2. The second kappa shape index (κ2) is 3.57. The van der Waals surface area contributed by atoms with Crippen molar-refractivity contribution in [2.24, 2.45) is 0 Å². The second-order valence-electron chi connectivity index (χ2n) is 4.01. The normalized spacial score (nSPS) is 16.4. The lowest BCUT2D eigenvalue weighted by molar-refractivity contribution is 0.543. The molecule has 76 valence electrons. The van der Waals surface area contributed by atoms with Crippen LogP contribution in [0, 0.1) is 5.95 Å². The van der Waals surface area contributed by atoms with E-state index < -0.39 is 0 Å². The van der Waals surface area contributed by atoms with Gasteiger partial charge in [0.25, 0.3) is 0 Å². The Balaban J connectivity index is 2.44. The van der Waals surface area contributed by atoms with Crippen molar-refractivity contribution in [3.05, 3.63) is 21.9 Å². The van der Waals surface area contributed by atoms with E-state index in [0.717, 1.165) is 12.8 Å². The van der Waals surface area contributed by atoms with Crippen LogP contribution in [0.15, 0.2) is 4.60 Å². The van der Waals surface area contributed by atoms with Crippen LogP contribution in [0.3, 0.4) is 0 Å². The predicted molar refractivity (Wildman–Crippen MR) is 55.8 cm³/mol. The van der Waals surface area contributed by atoms with Gasteiger partial charge in [-0.15, -0.1) is 0 Å². The molecular formula is C10H12BrFN2. The number of rotatable bonds is 2. The first kappa shape index (κ1) is 10.0. The lowest BCUT2D eigenvalue weighted by atomic mass is 10.2. The van der Waals surface area contributed by atoms with E-state index in [0.29, 0.717) is 21.9 Å². The maximum Gasteiger partial charge on any atom is 0.220 e. The quantitative estimate of drug-likeness (QED) is 0.761. The molecule has 4 heteroatoms. The number of hydrogen-bond donors (Lipinski definition) is 0. The fraction of sp³-hybridized carbons (Fsp3) is 0.600. The molecule has 1 aromatic heterocycles. The highest BCUT2D eigenvalue weighted by Crippen LogP contribution is 2.43. The fourth-order valence-corrected chi connectivity index (χ4v) is 2.07. The van der Waals surface area contributed by atoms with Crippen LogP contribution in [0.1, 0.15) is 49.9 Å². The average Bonchev–Trinajstić information content (AvgIpc) is 2.86. The molecule has 1 aliphatic rings. The van der Waals surface area contributed by atoms with E-state index >= 15 is 0 Å². The molecule has 1 fully saturated rings. The molecule has 1 heterocycles. The molecule has 0 aromatic carbocycles. The van der Waals surface area contributed by atoms with Gasteiger partial charge in [-0.3, -0.25) is 0 Å². The maximum absolute atomic E-state index is 13.6. The van der Waals surface area contributed by atoms with Crippen LogP contribution in [0.25, 0.3) is 0 Å². The molecular weight excluding hydrogens is 247 g/mol. The van der Waals surface area contributed by atoms with E-state index in [-0.39, 0.29) is 11.9 Å². The van der Waals surface area contributed by atoms with Crippen molar-refractivity contribution in [1.82, 2.24) is 9.97 Å². The fourth-order valence-electron chi connectivity index (χ4n) is 1.40. The summed E-state index contributed by atoms with van der Waals surface area (Å²) >= 11 is 3.32. The minimum Gasteiger partial charge on any atom is -0.225 e. The topological polar surface area (TPSA) is 25.8 Å². The van der Waals surface area contributed by atoms with Gasteiger partial charge in [0, 0.05) is 11.5 Å². The van der Waals surface area contributed by atoms with Crippen molar-refractivity contribution >= 4 is 15.9 Å². The Kier molecular flexibility index (Phi) is 2.56. The summed E-state index contributed by atoms with van der Waals surface area (Å²) in [5.41, 5.74) is 0.661. The molecule has 2 rings (SSSR count). The number of nitrogens with zero attached hydrogens (tertiary/aromatic N) is 2. The summed E-state index contributed by atoms with van der Waals surface area (Å²) in [6.45, 7) is 3.91. The average molecular weight is 259 g/mol. The minimum atomic E-state index is -0.349. The van der Waals surface area contributed by atoms with Gasteiger partial charge in [-0.1, -0.05) is 13.8 Å².